The van der Waals surface area contributed by atoms with Crippen LogP contribution in [0.4, 0.5) is 0 Å². The highest BCUT2D eigenvalue weighted by atomic mass is 14.4. The number of terminal acetylenes is 2. The van der Waals surface area contributed by atoms with Crippen molar-refractivity contribution < 1.29 is 0 Å². The molecular formula is C6H8BN. The van der Waals surface area contributed by atoms with Gasteiger partial charge in [0.05, 0.1) is 0 Å². The summed E-state index contributed by atoms with van der Waals surface area (Å²) in [7, 11) is 0. The van der Waals surface area contributed by atoms with Gasteiger partial charge in [0.1, 0.15) is 0 Å². The van der Waals surface area contributed by atoms with E-state index in [1.165, 1.54) is 0 Å². The monoisotopic (exact) mass is 105 g/mol. The molecule has 0 atom stereocenters. The van der Waals surface area contributed by atoms with Gasteiger partial charge in [-0.25, -0.2) is 0 Å². The van der Waals surface area contributed by atoms with Gasteiger partial charge in [-0.15, -0.1) is 24.7 Å². The van der Waals surface area contributed by atoms with Gasteiger partial charge in [-0.3, -0.25) is 0 Å². The van der Waals surface area contributed by atoms with Gasteiger partial charge >= 0.3 is 0 Å². The molecule has 40 valence electrons. The molecule has 1 nitrogen and oxygen atoms in total. The van der Waals surface area contributed by atoms with Gasteiger partial charge in [0.2, 0.25) is 6.85 Å². The summed E-state index contributed by atoms with van der Waals surface area (Å²) in [6, 6.07) is 0. The first kappa shape index (κ1) is 7.14. The Morgan fingerprint density at radius 3 is 1.88 bits per heavy atom. The Balaban J connectivity index is 3.25. The SMILES string of the molecule is C#CCB(N)CC#C. The van der Waals surface area contributed by atoms with Crippen LogP contribution < -0.4 is 5.64 Å². The van der Waals surface area contributed by atoms with E-state index in [0.717, 1.165) is 0 Å². The summed E-state index contributed by atoms with van der Waals surface area (Å²) >= 11 is 0. The Bertz CT molecular complexity index is 112. The Morgan fingerprint density at radius 2 is 1.62 bits per heavy atom. The summed E-state index contributed by atoms with van der Waals surface area (Å²) in [5, 5.41) is 0. The summed E-state index contributed by atoms with van der Waals surface area (Å²) in [4.78, 5) is 0. The smallest absolute Gasteiger partial charge is 0.242 e. The third-order valence-electron chi connectivity index (χ3n) is 0.760. The maximum atomic E-state index is 5.41. The first-order valence-electron chi connectivity index (χ1n) is 2.43. The van der Waals surface area contributed by atoms with Crippen LogP contribution in [0.5, 0.6) is 0 Å². The Labute approximate surface area is 50.7 Å². The van der Waals surface area contributed by atoms with Gasteiger partial charge in [-0.1, -0.05) is 0 Å². The number of rotatable bonds is 2. The highest BCUT2D eigenvalue weighted by molar-refractivity contribution is 6.56. The summed E-state index contributed by atoms with van der Waals surface area (Å²) in [6.07, 6.45) is 11.1. The molecule has 0 saturated carbocycles. The van der Waals surface area contributed by atoms with Crippen molar-refractivity contribution in [2.75, 3.05) is 0 Å². The molecular weight excluding hydrogens is 96.9 g/mol. The van der Waals surface area contributed by atoms with Crippen molar-refractivity contribution >= 4 is 6.85 Å². The number of hydrogen-bond acceptors (Lipinski definition) is 1. The lowest BCUT2D eigenvalue weighted by Gasteiger charge is -1.92. The van der Waals surface area contributed by atoms with Gasteiger partial charge in [0.25, 0.3) is 0 Å². The van der Waals surface area contributed by atoms with Gasteiger partial charge in [-0.2, -0.15) is 0 Å². The molecule has 0 aromatic rings. The molecule has 0 radical (unpaired) electrons. The summed E-state index contributed by atoms with van der Waals surface area (Å²) in [5.74, 6) is 4.86. The van der Waals surface area contributed by atoms with Crippen LogP contribution in [-0.4, -0.2) is 6.85 Å². The third kappa shape index (κ3) is 3.34. The van der Waals surface area contributed by atoms with Crippen molar-refractivity contribution in [3.63, 3.8) is 0 Å². The molecule has 0 fully saturated rings. The van der Waals surface area contributed by atoms with Gasteiger partial charge in [-0.05, 0) is 0 Å². The normalized spacial score (nSPS) is 6.88. The van der Waals surface area contributed by atoms with Crippen LogP contribution in [0.25, 0.3) is 0 Å². The van der Waals surface area contributed by atoms with E-state index < -0.39 is 0 Å². The minimum Gasteiger partial charge on any atom is -0.368 e. The van der Waals surface area contributed by atoms with Gasteiger partial charge in [0.15, 0.2) is 0 Å². The molecule has 2 heteroatoms. The van der Waals surface area contributed by atoms with Crippen LogP contribution in [0.1, 0.15) is 0 Å². The van der Waals surface area contributed by atoms with Crippen molar-refractivity contribution in [2.45, 2.75) is 12.6 Å². The van der Waals surface area contributed by atoms with E-state index >= 15 is 0 Å². The van der Waals surface area contributed by atoms with Crippen LogP contribution in [0.2, 0.25) is 12.6 Å². The van der Waals surface area contributed by atoms with E-state index in [9.17, 15) is 0 Å². The molecule has 0 spiro atoms. The van der Waals surface area contributed by atoms with Crippen LogP contribution in [-0.2, 0) is 0 Å². The van der Waals surface area contributed by atoms with Gasteiger partial charge in [0, 0.05) is 12.6 Å². The molecule has 8 heavy (non-hydrogen) atoms. The lowest BCUT2D eigenvalue weighted by molar-refractivity contribution is 1.54. The van der Waals surface area contributed by atoms with Crippen molar-refractivity contribution in [3.8, 4) is 24.7 Å². The molecule has 0 rings (SSSR count). The predicted octanol–water partition coefficient (Wildman–Crippen LogP) is 0.203. The molecule has 0 unspecified atom stereocenters. The van der Waals surface area contributed by atoms with Crippen LogP contribution in [0.15, 0.2) is 0 Å². The molecule has 0 heterocycles. The Morgan fingerprint density at radius 1 is 1.25 bits per heavy atom. The first-order chi connectivity index (χ1) is 3.81. The zero-order chi connectivity index (χ0) is 6.41. The third-order valence-corrected chi connectivity index (χ3v) is 0.760. The minimum atomic E-state index is -0.00926. The van der Waals surface area contributed by atoms with Crippen molar-refractivity contribution in [1.29, 1.82) is 0 Å². The zero-order valence-electron chi connectivity index (χ0n) is 4.72. The summed E-state index contributed by atoms with van der Waals surface area (Å²) in [6.45, 7) is -0.00926. The molecule has 0 bridgehead atoms. The average Bonchev–Trinajstić information content (AvgIpc) is 1.68. The molecule has 0 amide bonds. The van der Waals surface area contributed by atoms with Crippen LogP contribution in [0.3, 0.4) is 0 Å². The molecule has 0 aliphatic carbocycles. The second-order valence-corrected chi connectivity index (χ2v) is 1.58. The van der Waals surface area contributed by atoms with E-state index in [2.05, 4.69) is 11.8 Å². The molecule has 0 saturated heterocycles. The van der Waals surface area contributed by atoms with Crippen molar-refractivity contribution in [1.82, 2.24) is 0 Å². The minimum absolute atomic E-state index is 0.00926. The highest BCUT2D eigenvalue weighted by Gasteiger charge is 2.01. The zero-order valence-corrected chi connectivity index (χ0v) is 4.72. The summed E-state index contributed by atoms with van der Waals surface area (Å²) in [5.41, 5.74) is 5.41. The fourth-order valence-corrected chi connectivity index (χ4v) is 0.375. The molecule has 0 aliphatic heterocycles. The van der Waals surface area contributed by atoms with Gasteiger partial charge < -0.3 is 5.64 Å². The fraction of sp³-hybridized carbons (Fsp3) is 0.333. The second kappa shape index (κ2) is 4.31. The van der Waals surface area contributed by atoms with Crippen LogP contribution >= 0.6 is 0 Å². The van der Waals surface area contributed by atoms with E-state index in [0.29, 0.717) is 12.6 Å². The Hall–Kier alpha value is -0.855. The van der Waals surface area contributed by atoms with E-state index in [1.807, 2.05) is 0 Å². The molecule has 0 aromatic heterocycles. The maximum absolute atomic E-state index is 5.41. The number of nitrogens with two attached hydrogens (primary N) is 1. The lowest BCUT2D eigenvalue weighted by atomic mass is 9.58. The largest absolute Gasteiger partial charge is 0.368 e. The molecule has 2 N–H and O–H groups in total. The van der Waals surface area contributed by atoms with Crippen molar-refractivity contribution in [3.05, 3.63) is 0 Å². The van der Waals surface area contributed by atoms with E-state index in [1.54, 1.807) is 0 Å². The Kier molecular flexibility index (Phi) is 3.85. The highest BCUT2D eigenvalue weighted by Crippen LogP contribution is 1.87. The van der Waals surface area contributed by atoms with E-state index in [-0.39, 0.29) is 6.85 Å². The maximum Gasteiger partial charge on any atom is 0.242 e. The fourth-order valence-electron chi connectivity index (χ4n) is 0.375. The average molecular weight is 105 g/mol. The number of hydrogen-bond donors (Lipinski definition) is 1. The van der Waals surface area contributed by atoms with E-state index in [4.69, 9.17) is 18.5 Å². The lowest BCUT2D eigenvalue weighted by Crippen LogP contribution is -2.23. The first-order valence-corrected chi connectivity index (χ1v) is 2.43. The topological polar surface area (TPSA) is 26.0 Å². The van der Waals surface area contributed by atoms with Crippen LogP contribution in [0, 0.1) is 24.7 Å². The summed E-state index contributed by atoms with van der Waals surface area (Å²) < 4.78 is 0. The predicted molar refractivity (Wildman–Crippen MR) is 37.2 cm³/mol. The second-order valence-electron chi connectivity index (χ2n) is 1.58. The quantitative estimate of drug-likeness (QED) is 0.394. The van der Waals surface area contributed by atoms with Crippen molar-refractivity contribution in [2.24, 2.45) is 5.64 Å². The molecule has 0 aromatic carbocycles. The standard InChI is InChI=1S/C6H8BN/c1-3-5-7(8)6-4-2/h1-2H,5-6,8H2. The molecule has 0 aliphatic rings.